The maximum atomic E-state index is 12.5. The van der Waals surface area contributed by atoms with E-state index in [-0.39, 0.29) is 23.9 Å². The minimum atomic E-state index is -0.242. The molecule has 0 aromatic rings. The lowest BCUT2D eigenvalue weighted by Crippen LogP contribution is -2.48. The molecule has 20 heteroatoms. The Morgan fingerprint density at radius 2 is 0.976 bits per heavy atom. The zero-order valence-electron chi connectivity index (χ0n) is 24.0. The van der Waals surface area contributed by atoms with Crippen molar-refractivity contribution < 1.29 is 9.59 Å². The van der Waals surface area contributed by atoms with E-state index in [1.807, 2.05) is 8.88 Å². The smallest absolute Gasteiger partial charge is 0.237 e. The minimum absolute atomic E-state index is 0.0277. The Balaban J connectivity index is 1.14. The third-order valence-corrected chi connectivity index (χ3v) is 11.5. The van der Waals surface area contributed by atoms with E-state index in [9.17, 15) is 9.59 Å². The molecule has 4 unspecified atom stereocenters. The minimum Gasteiger partial charge on any atom is -0.355 e. The van der Waals surface area contributed by atoms with E-state index < -0.39 is 0 Å². The van der Waals surface area contributed by atoms with E-state index in [2.05, 4.69) is 60.0 Å². The molecule has 2 amide bonds. The molecule has 42 heavy (non-hydrogen) atoms. The maximum absolute atomic E-state index is 12.5. The molecule has 0 bridgehead atoms. The fourth-order valence-corrected chi connectivity index (χ4v) is 7.15. The van der Waals surface area contributed by atoms with Crippen LogP contribution in [0.1, 0.15) is 38.5 Å². The van der Waals surface area contributed by atoms with Crippen molar-refractivity contribution in [3.63, 3.8) is 0 Å². The first-order valence-corrected chi connectivity index (χ1v) is 20.4. The van der Waals surface area contributed by atoms with Crippen LogP contribution in [0.2, 0.25) is 0 Å². The zero-order valence-corrected chi connectivity index (χ0v) is 29.9. The van der Waals surface area contributed by atoms with Gasteiger partial charge in [-0.25, -0.2) is 8.88 Å². The molecule has 236 valence electrons. The average Bonchev–Trinajstić information content (AvgIpc) is 3.91. The molecule has 3 rings (SSSR count). The fraction of sp³-hybridized carbons (Fsp3) is 0.818. The second kappa shape index (κ2) is 20.4. The van der Waals surface area contributed by atoms with Crippen molar-refractivity contribution in [1.29, 1.82) is 10.8 Å². The monoisotopic (exact) mass is 696 g/mol. The van der Waals surface area contributed by atoms with E-state index in [0.29, 0.717) is 38.1 Å². The molecular weight excluding hydrogens is 650 g/mol. The van der Waals surface area contributed by atoms with Gasteiger partial charge in [0.1, 0.15) is 0 Å². The van der Waals surface area contributed by atoms with Gasteiger partial charge in [-0.05, 0) is 51.6 Å². The first kappa shape index (κ1) is 35.9. The number of hydrogen-bond donors (Lipinski definition) is 8. The normalized spacial score (nSPS) is 19.0. The molecule has 0 saturated carbocycles. The Labute approximate surface area is 260 Å². The van der Waals surface area contributed by atoms with Gasteiger partial charge in [0, 0.05) is 52.4 Å². The summed E-state index contributed by atoms with van der Waals surface area (Å²) in [4.78, 5) is 29.9. The Morgan fingerprint density at radius 1 is 0.619 bits per heavy atom. The topological polar surface area (TPSA) is 167 Å². The van der Waals surface area contributed by atoms with Crippen molar-refractivity contribution in [3.8, 4) is 0 Å². The number of rotatable bonds is 20. The summed E-state index contributed by atoms with van der Waals surface area (Å²) in [5.41, 5.74) is 0. The number of nitrogens with one attached hydrogen (secondary N) is 8. The average molecular weight is 697 g/mol. The Morgan fingerprint density at radius 3 is 1.31 bits per heavy atom. The standard InChI is InChI=1S/C22H46N12O2P6/c23-21(33-39-40-33)27-7-1-5-17(29-37)19(35)25-9-3-11-31-13-15-32(16-14-31)12-4-10-26-20(36)18(30-38)6-2-8-28-22(24)34-41-42-34/h17-18,29-30H,1-16,37-38H2,(H2,23,27)(H2,24,28)(H,25,35)(H,26,36). The Kier molecular flexibility index (Phi) is 17.4. The molecule has 0 spiro atoms. The molecule has 0 aromatic carbocycles. The van der Waals surface area contributed by atoms with Crippen LogP contribution in [-0.2, 0) is 9.59 Å². The summed E-state index contributed by atoms with van der Waals surface area (Å²) in [6, 6.07) is -0.485. The van der Waals surface area contributed by atoms with E-state index in [1.165, 1.54) is 0 Å². The fourth-order valence-electron chi connectivity index (χ4n) is 4.48. The summed E-state index contributed by atoms with van der Waals surface area (Å²) in [7, 11) is 9.52. The summed E-state index contributed by atoms with van der Waals surface area (Å²) >= 11 is 0. The summed E-state index contributed by atoms with van der Waals surface area (Å²) in [6.45, 7) is 8.77. The number of nitrogens with zero attached hydrogens (tertiary/aromatic N) is 4. The van der Waals surface area contributed by atoms with Crippen LogP contribution in [0, 0.1) is 10.8 Å². The lowest BCUT2D eigenvalue weighted by Gasteiger charge is -2.34. The molecule has 1 saturated heterocycles. The molecule has 3 heterocycles. The second-order valence-corrected chi connectivity index (χ2v) is 15.9. The van der Waals surface area contributed by atoms with Crippen LogP contribution >= 0.6 is 50.9 Å². The number of hydrogen-bond acceptors (Lipinski definition) is 8. The first-order chi connectivity index (χ1) is 20.4. The quantitative estimate of drug-likeness (QED) is 0.0406. The predicted molar refractivity (Wildman–Crippen MR) is 183 cm³/mol. The molecule has 3 aliphatic heterocycles. The highest BCUT2D eigenvalue weighted by Gasteiger charge is 2.20. The highest BCUT2D eigenvalue weighted by Crippen LogP contribution is 2.45. The number of piperazine rings is 1. The SMILES string of the molecule is N=C(NCCCC(NP)C(=O)NCCCN1CCN(CCCNC(=O)C(CCCNC(=N)N2P=P2)NP)CC1)N1P=P1. The van der Waals surface area contributed by atoms with Gasteiger partial charge in [0.05, 0.1) is 44.2 Å². The molecule has 0 aromatic heterocycles. The predicted octanol–water partition coefficient (Wildman–Crippen LogP) is 1.63. The van der Waals surface area contributed by atoms with Crippen molar-refractivity contribution in [2.45, 2.75) is 50.6 Å². The summed E-state index contributed by atoms with van der Waals surface area (Å²) in [5.74, 6) is 0.975. The molecule has 3 aliphatic rings. The van der Waals surface area contributed by atoms with Gasteiger partial charge in [0.2, 0.25) is 23.7 Å². The van der Waals surface area contributed by atoms with Crippen LogP contribution < -0.4 is 31.4 Å². The van der Waals surface area contributed by atoms with Crippen LogP contribution in [0.3, 0.4) is 0 Å². The van der Waals surface area contributed by atoms with Crippen LogP contribution in [-0.4, -0.2) is 120 Å². The van der Waals surface area contributed by atoms with E-state index in [0.717, 1.165) is 110 Å². The van der Waals surface area contributed by atoms with Crippen LogP contribution in [0.4, 0.5) is 0 Å². The summed E-state index contributed by atoms with van der Waals surface area (Å²) in [5, 5.41) is 34.0. The maximum Gasteiger partial charge on any atom is 0.237 e. The van der Waals surface area contributed by atoms with Crippen molar-refractivity contribution in [2.75, 3.05) is 65.4 Å². The van der Waals surface area contributed by atoms with Gasteiger partial charge in [-0.3, -0.25) is 30.6 Å². The molecule has 0 radical (unpaired) electrons. The third kappa shape index (κ3) is 14.4. The van der Waals surface area contributed by atoms with Crippen LogP contribution in [0.25, 0.3) is 0 Å². The summed E-state index contributed by atoms with van der Waals surface area (Å²) < 4.78 is 3.82. The summed E-state index contributed by atoms with van der Waals surface area (Å²) in [6.07, 6.45) is 4.93. The number of amides is 2. The van der Waals surface area contributed by atoms with Crippen molar-refractivity contribution in [1.82, 2.24) is 50.1 Å². The molecule has 8 N–H and O–H groups in total. The van der Waals surface area contributed by atoms with Gasteiger partial charge in [0.25, 0.3) is 0 Å². The molecule has 14 nitrogen and oxygen atoms in total. The highest BCUT2D eigenvalue weighted by atomic mass is 31.8. The Hall–Kier alpha value is -0.620. The van der Waals surface area contributed by atoms with Crippen LogP contribution in [0.5, 0.6) is 0 Å². The second-order valence-electron chi connectivity index (χ2n) is 10.2. The van der Waals surface area contributed by atoms with Gasteiger partial charge in [-0.2, -0.15) is 0 Å². The number of guanidine groups is 2. The van der Waals surface area contributed by atoms with E-state index in [1.54, 1.807) is 0 Å². The highest BCUT2D eigenvalue weighted by molar-refractivity contribution is 7.98. The van der Waals surface area contributed by atoms with Crippen molar-refractivity contribution >= 4 is 74.6 Å². The molecule has 1 fully saturated rings. The zero-order chi connectivity index (χ0) is 30.2. The molecule has 0 aliphatic carbocycles. The van der Waals surface area contributed by atoms with Gasteiger partial charge in [-0.1, -0.05) is 18.8 Å². The van der Waals surface area contributed by atoms with E-state index >= 15 is 0 Å². The van der Waals surface area contributed by atoms with Crippen LogP contribution in [0.15, 0.2) is 0 Å². The first-order valence-electron chi connectivity index (χ1n) is 14.4. The van der Waals surface area contributed by atoms with Gasteiger partial charge in [-0.15, -0.1) is 0 Å². The molecular formula is C22H46N12O2P6. The van der Waals surface area contributed by atoms with E-state index in [4.69, 9.17) is 10.8 Å². The number of carbonyl (C=O) groups is 2. The molecule has 4 atom stereocenters. The third-order valence-electron chi connectivity index (χ3n) is 7.08. The largest absolute Gasteiger partial charge is 0.355 e. The van der Waals surface area contributed by atoms with Gasteiger partial charge < -0.3 is 31.1 Å². The Bertz CT molecular complexity index is 869. The van der Waals surface area contributed by atoms with Gasteiger partial charge in [0.15, 0.2) is 0 Å². The lowest BCUT2D eigenvalue weighted by molar-refractivity contribution is -0.123. The van der Waals surface area contributed by atoms with Crippen molar-refractivity contribution in [3.05, 3.63) is 0 Å². The van der Waals surface area contributed by atoms with Crippen molar-refractivity contribution in [2.24, 2.45) is 0 Å². The van der Waals surface area contributed by atoms with Gasteiger partial charge >= 0.3 is 0 Å². The lowest BCUT2D eigenvalue weighted by atomic mass is 10.1. The number of carbonyl (C=O) groups excluding carboxylic acids is 2.